The minimum atomic E-state index is -0.400. The first-order valence-electron chi connectivity index (χ1n) is 10.5. The van der Waals surface area contributed by atoms with Gasteiger partial charge in [0.05, 0.1) is 12.1 Å². The standard InChI is InChI=1S/C22H26ClN7O/c23-17-9-7-15(8-10-17)13-25-20-28-21(26-14-16-4-3-11-24-12-16)30-22(29-20)27-18-5-1-2-6-19(18)31/h3-4,7-12,18-19,31H,1-2,5-6,13-14H2,(H3,25,26,27,28,29,30). The normalized spacial score (nSPS) is 18.4. The lowest BCUT2D eigenvalue weighted by atomic mass is 9.93. The number of aromatic nitrogens is 4. The zero-order chi connectivity index (χ0) is 21.5. The maximum Gasteiger partial charge on any atom is 0.229 e. The molecule has 0 aliphatic heterocycles. The quantitative estimate of drug-likeness (QED) is 0.419. The van der Waals surface area contributed by atoms with E-state index in [1.165, 1.54) is 0 Å². The van der Waals surface area contributed by atoms with E-state index in [0.29, 0.717) is 36.0 Å². The molecule has 0 spiro atoms. The summed E-state index contributed by atoms with van der Waals surface area (Å²) in [4.78, 5) is 17.7. The number of aliphatic hydroxyl groups excluding tert-OH is 1. The number of hydrogen-bond acceptors (Lipinski definition) is 8. The van der Waals surface area contributed by atoms with Crippen LogP contribution in [-0.4, -0.2) is 37.2 Å². The van der Waals surface area contributed by atoms with Crippen LogP contribution in [0.5, 0.6) is 0 Å². The fourth-order valence-electron chi connectivity index (χ4n) is 3.51. The first-order valence-corrected chi connectivity index (χ1v) is 10.9. The Morgan fingerprint density at radius 3 is 2.23 bits per heavy atom. The summed E-state index contributed by atoms with van der Waals surface area (Å²) in [6.45, 7) is 1.09. The zero-order valence-electron chi connectivity index (χ0n) is 17.1. The highest BCUT2D eigenvalue weighted by Crippen LogP contribution is 2.22. The molecule has 2 heterocycles. The molecule has 3 aromatic rings. The number of benzene rings is 1. The number of nitrogens with zero attached hydrogens (tertiary/aromatic N) is 4. The Morgan fingerprint density at radius 2 is 1.55 bits per heavy atom. The van der Waals surface area contributed by atoms with Crippen LogP contribution in [-0.2, 0) is 13.1 Å². The van der Waals surface area contributed by atoms with Gasteiger partial charge in [0.1, 0.15) is 0 Å². The summed E-state index contributed by atoms with van der Waals surface area (Å²) >= 11 is 5.97. The van der Waals surface area contributed by atoms with Crippen LogP contribution in [0.1, 0.15) is 36.8 Å². The molecule has 2 unspecified atom stereocenters. The van der Waals surface area contributed by atoms with Gasteiger partial charge in [0.2, 0.25) is 17.8 Å². The number of aliphatic hydroxyl groups is 1. The molecule has 1 saturated carbocycles. The summed E-state index contributed by atoms with van der Waals surface area (Å²) in [5.41, 5.74) is 2.09. The summed E-state index contributed by atoms with van der Waals surface area (Å²) in [5, 5.41) is 20.8. The predicted octanol–water partition coefficient (Wildman–Crippen LogP) is 3.86. The van der Waals surface area contributed by atoms with Crippen molar-refractivity contribution >= 4 is 29.4 Å². The molecule has 4 N–H and O–H groups in total. The first kappa shape index (κ1) is 21.3. The van der Waals surface area contributed by atoms with E-state index < -0.39 is 6.10 Å². The Hall–Kier alpha value is -2.97. The van der Waals surface area contributed by atoms with Gasteiger partial charge < -0.3 is 21.1 Å². The van der Waals surface area contributed by atoms with E-state index in [9.17, 15) is 5.11 Å². The second-order valence-electron chi connectivity index (χ2n) is 7.60. The van der Waals surface area contributed by atoms with Crippen molar-refractivity contribution in [2.24, 2.45) is 0 Å². The van der Waals surface area contributed by atoms with Crippen molar-refractivity contribution < 1.29 is 5.11 Å². The van der Waals surface area contributed by atoms with E-state index in [-0.39, 0.29) is 6.04 Å². The minimum absolute atomic E-state index is 0.0635. The van der Waals surface area contributed by atoms with Crippen LogP contribution in [0.3, 0.4) is 0 Å². The lowest BCUT2D eigenvalue weighted by Gasteiger charge is -2.28. The van der Waals surface area contributed by atoms with E-state index in [4.69, 9.17) is 11.6 Å². The molecule has 31 heavy (non-hydrogen) atoms. The Labute approximate surface area is 186 Å². The topological polar surface area (TPSA) is 108 Å². The third kappa shape index (κ3) is 6.26. The average Bonchev–Trinajstić information content (AvgIpc) is 2.80. The molecule has 0 saturated heterocycles. The molecule has 0 amide bonds. The van der Waals surface area contributed by atoms with Crippen molar-refractivity contribution in [2.75, 3.05) is 16.0 Å². The van der Waals surface area contributed by atoms with Gasteiger partial charge in [-0.15, -0.1) is 0 Å². The van der Waals surface area contributed by atoms with Crippen molar-refractivity contribution in [1.29, 1.82) is 0 Å². The number of nitrogens with one attached hydrogen (secondary N) is 3. The smallest absolute Gasteiger partial charge is 0.229 e. The Bertz CT molecular complexity index is 971. The SMILES string of the molecule is OC1CCCCC1Nc1nc(NCc2ccc(Cl)cc2)nc(NCc2cccnc2)n1. The maximum atomic E-state index is 10.3. The van der Waals surface area contributed by atoms with Gasteiger partial charge in [0.25, 0.3) is 0 Å². The fourth-order valence-corrected chi connectivity index (χ4v) is 3.64. The molecule has 0 radical (unpaired) electrons. The van der Waals surface area contributed by atoms with Gasteiger partial charge in [0.15, 0.2) is 0 Å². The summed E-state index contributed by atoms with van der Waals surface area (Å²) in [6.07, 6.45) is 6.93. The summed E-state index contributed by atoms with van der Waals surface area (Å²) < 4.78 is 0. The third-order valence-corrected chi connectivity index (χ3v) is 5.47. The van der Waals surface area contributed by atoms with E-state index in [2.05, 4.69) is 35.9 Å². The van der Waals surface area contributed by atoms with Crippen molar-refractivity contribution in [3.8, 4) is 0 Å². The van der Waals surface area contributed by atoms with Crippen molar-refractivity contribution in [2.45, 2.75) is 50.9 Å². The summed E-state index contributed by atoms with van der Waals surface area (Å²) in [6, 6.07) is 11.4. The number of anilines is 3. The van der Waals surface area contributed by atoms with Crippen LogP contribution in [0.2, 0.25) is 5.02 Å². The van der Waals surface area contributed by atoms with Crippen LogP contribution < -0.4 is 16.0 Å². The van der Waals surface area contributed by atoms with Gasteiger partial charge in [-0.1, -0.05) is 42.6 Å². The average molecular weight is 440 g/mol. The second kappa shape index (κ2) is 10.4. The minimum Gasteiger partial charge on any atom is -0.391 e. The van der Waals surface area contributed by atoms with E-state index in [0.717, 1.165) is 36.8 Å². The molecule has 2 atom stereocenters. The highest BCUT2D eigenvalue weighted by molar-refractivity contribution is 6.30. The van der Waals surface area contributed by atoms with E-state index in [1.807, 2.05) is 36.4 Å². The molecule has 1 aliphatic carbocycles. The lowest BCUT2D eigenvalue weighted by molar-refractivity contribution is 0.116. The van der Waals surface area contributed by atoms with E-state index in [1.54, 1.807) is 12.4 Å². The molecular formula is C22H26ClN7O. The molecule has 8 nitrogen and oxygen atoms in total. The van der Waals surface area contributed by atoms with Gasteiger partial charge >= 0.3 is 0 Å². The van der Waals surface area contributed by atoms with Crippen molar-refractivity contribution in [1.82, 2.24) is 19.9 Å². The summed E-state index contributed by atoms with van der Waals surface area (Å²) in [5.74, 6) is 1.34. The zero-order valence-corrected chi connectivity index (χ0v) is 17.9. The number of halogens is 1. The monoisotopic (exact) mass is 439 g/mol. The first-order chi connectivity index (χ1) is 15.2. The number of pyridine rings is 1. The van der Waals surface area contributed by atoms with Crippen LogP contribution in [0.4, 0.5) is 17.8 Å². The molecule has 1 fully saturated rings. The Balaban J connectivity index is 1.49. The van der Waals surface area contributed by atoms with Gasteiger partial charge in [-0.3, -0.25) is 4.98 Å². The fraction of sp³-hybridized carbons (Fsp3) is 0.364. The molecule has 4 rings (SSSR count). The van der Waals surface area contributed by atoms with Crippen LogP contribution in [0.15, 0.2) is 48.8 Å². The molecule has 162 valence electrons. The van der Waals surface area contributed by atoms with Crippen LogP contribution in [0, 0.1) is 0 Å². The van der Waals surface area contributed by atoms with Gasteiger partial charge in [-0.05, 0) is 42.2 Å². The van der Waals surface area contributed by atoms with E-state index >= 15 is 0 Å². The summed E-state index contributed by atoms with van der Waals surface area (Å²) in [7, 11) is 0. The van der Waals surface area contributed by atoms with Crippen LogP contribution in [0.25, 0.3) is 0 Å². The van der Waals surface area contributed by atoms with Crippen molar-refractivity contribution in [3.63, 3.8) is 0 Å². The largest absolute Gasteiger partial charge is 0.391 e. The molecule has 1 aromatic carbocycles. The highest BCUT2D eigenvalue weighted by Gasteiger charge is 2.24. The maximum absolute atomic E-state index is 10.3. The molecule has 9 heteroatoms. The Morgan fingerprint density at radius 1 is 0.871 bits per heavy atom. The van der Waals surface area contributed by atoms with Gasteiger partial charge in [-0.25, -0.2) is 0 Å². The van der Waals surface area contributed by atoms with Crippen molar-refractivity contribution in [3.05, 3.63) is 64.9 Å². The van der Waals surface area contributed by atoms with Gasteiger partial charge in [0, 0.05) is 30.5 Å². The number of hydrogen-bond donors (Lipinski definition) is 4. The Kier molecular flexibility index (Phi) is 7.11. The highest BCUT2D eigenvalue weighted by atomic mass is 35.5. The number of rotatable bonds is 8. The van der Waals surface area contributed by atoms with Gasteiger partial charge in [-0.2, -0.15) is 15.0 Å². The molecule has 2 aromatic heterocycles. The molecule has 0 bridgehead atoms. The lowest BCUT2D eigenvalue weighted by Crippen LogP contribution is -2.37. The molecule has 1 aliphatic rings. The second-order valence-corrected chi connectivity index (χ2v) is 8.04. The van der Waals surface area contributed by atoms with Crippen LogP contribution >= 0.6 is 11.6 Å². The molecular weight excluding hydrogens is 414 g/mol. The predicted molar refractivity (Wildman–Crippen MR) is 122 cm³/mol. The third-order valence-electron chi connectivity index (χ3n) is 5.22.